The molecule has 1 aliphatic carbocycles. The van der Waals surface area contributed by atoms with Gasteiger partial charge in [0.15, 0.2) is 11.5 Å². The first-order valence-electron chi connectivity index (χ1n) is 5.70. The Kier molecular flexibility index (Phi) is 3.68. The zero-order valence-corrected chi connectivity index (χ0v) is 11.2. The third-order valence-corrected chi connectivity index (χ3v) is 2.90. The SMILES string of the molecule is CN(C)C(=S)Oc1ccc(C#N)cc1OC1CC1. The summed E-state index contributed by atoms with van der Waals surface area (Å²) in [6.07, 6.45) is 2.34. The molecule has 0 spiro atoms. The number of hydrogen-bond acceptors (Lipinski definition) is 4. The van der Waals surface area contributed by atoms with E-state index in [-0.39, 0.29) is 6.10 Å². The van der Waals surface area contributed by atoms with E-state index in [1.165, 1.54) is 0 Å². The molecule has 0 atom stereocenters. The molecule has 5 heteroatoms. The predicted molar refractivity (Wildman–Crippen MR) is 71.7 cm³/mol. The molecule has 0 N–H and O–H groups in total. The lowest BCUT2D eigenvalue weighted by Gasteiger charge is -2.16. The Hall–Kier alpha value is -1.80. The highest BCUT2D eigenvalue weighted by Gasteiger charge is 2.25. The first-order chi connectivity index (χ1) is 8.60. The summed E-state index contributed by atoms with van der Waals surface area (Å²) in [5.41, 5.74) is 0.550. The quantitative estimate of drug-likeness (QED) is 0.782. The molecule has 1 aliphatic rings. The number of ether oxygens (including phenoxy) is 2. The van der Waals surface area contributed by atoms with Gasteiger partial charge in [0.05, 0.1) is 17.7 Å². The molecule has 94 valence electrons. The first-order valence-corrected chi connectivity index (χ1v) is 6.11. The standard InChI is InChI=1S/C13H14N2O2S/c1-15(2)13(18)17-11-6-3-9(8-14)7-12(11)16-10-4-5-10/h3,6-7,10H,4-5H2,1-2H3. The highest BCUT2D eigenvalue weighted by atomic mass is 32.1. The van der Waals surface area contributed by atoms with Crippen LogP contribution < -0.4 is 9.47 Å². The largest absolute Gasteiger partial charge is 0.486 e. The van der Waals surface area contributed by atoms with Crippen LogP contribution in [0.2, 0.25) is 0 Å². The second kappa shape index (κ2) is 5.23. The molecule has 18 heavy (non-hydrogen) atoms. The highest BCUT2D eigenvalue weighted by molar-refractivity contribution is 7.80. The molecular formula is C13H14N2O2S. The minimum atomic E-state index is 0.245. The lowest BCUT2D eigenvalue weighted by molar-refractivity contribution is 0.290. The molecule has 1 saturated carbocycles. The Morgan fingerprint density at radius 1 is 1.39 bits per heavy atom. The monoisotopic (exact) mass is 262 g/mol. The fraction of sp³-hybridized carbons (Fsp3) is 0.385. The molecule has 1 fully saturated rings. The number of benzene rings is 1. The van der Waals surface area contributed by atoms with Crippen molar-refractivity contribution in [2.24, 2.45) is 0 Å². The van der Waals surface area contributed by atoms with E-state index in [1.54, 1.807) is 23.1 Å². The van der Waals surface area contributed by atoms with Crippen LogP contribution >= 0.6 is 12.2 Å². The van der Waals surface area contributed by atoms with Gasteiger partial charge in [-0.15, -0.1) is 0 Å². The highest BCUT2D eigenvalue weighted by Crippen LogP contribution is 2.34. The number of thiocarbonyl (C=S) groups is 1. The van der Waals surface area contributed by atoms with Gasteiger partial charge < -0.3 is 14.4 Å². The average molecular weight is 262 g/mol. The molecule has 0 bridgehead atoms. The van der Waals surface area contributed by atoms with Crippen molar-refractivity contribution >= 4 is 17.4 Å². The van der Waals surface area contributed by atoms with E-state index in [4.69, 9.17) is 27.0 Å². The van der Waals surface area contributed by atoms with E-state index in [1.807, 2.05) is 14.1 Å². The van der Waals surface area contributed by atoms with Crippen molar-refractivity contribution in [3.63, 3.8) is 0 Å². The van der Waals surface area contributed by atoms with Crippen LogP contribution in [0.25, 0.3) is 0 Å². The summed E-state index contributed by atoms with van der Waals surface area (Å²) in [6, 6.07) is 7.17. The van der Waals surface area contributed by atoms with E-state index in [0.717, 1.165) is 12.8 Å². The van der Waals surface area contributed by atoms with Crippen LogP contribution in [-0.4, -0.2) is 30.3 Å². The Morgan fingerprint density at radius 3 is 2.67 bits per heavy atom. The van der Waals surface area contributed by atoms with Crippen LogP contribution in [0.3, 0.4) is 0 Å². The van der Waals surface area contributed by atoms with Gasteiger partial charge in [0, 0.05) is 20.2 Å². The summed E-state index contributed by atoms with van der Waals surface area (Å²) in [7, 11) is 3.63. The van der Waals surface area contributed by atoms with Gasteiger partial charge in [-0.25, -0.2) is 0 Å². The van der Waals surface area contributed by atoms with Crippen LogP contribution in [0.5, 0.6) is 11.5 Å². The predicted octanol–water partition coefficient (Wildman–Crippen LogP) is 2.32. The summed E-state index contributed by atoms with van der Waals surface area (Å²) in [6.45, 7) is 0. The zero-order valence-electron chi connectivity index (χ0n) is 10.3. The number of nitriles is 1. The number of hydrogen-bond donors (Lipinski definition) is 0. The second-order valence-electron chi connectivity index (χ2n) is 4.35. The van der Waals surface area contributed by atoms with Crippen LogP contribution in [0.15, 0.2) is 18.2 Å². The molecule has 0 radical (unpaired) electrons. The maximum atomic E-state index is 8.89. The Labute approximate surface area is 112 Å². The second-order valence-corrected chi connectivity index (χ2v) is 4.70. The van der Waals surface area contributed by atoms with Crippen molar-refractivity contribution in [2.45, 2.75) is 18.9 Å². The summed E-state index contributed by atoms with van der Waals surface area (Å²) in [5.74, 6) is 1.14. The maximum absolute atomic E-state index is 8.89. The third-order valence-electron chi connectivity index (χ3n) is 2.45. The van der Waals surface area contributed by atoms with Gasteiger partial charge in [0.2, 0.25) is 0 Å². The van der Waals surface area contributed by atoms with Crippen molar-refractivity contribution < 1.29 is 9.47 Å². The van der Waals surface area contributed by atoms with Gasteiger partial charge in [-0.1, -0.05) is 0 Å². The van der Waals surface area contributed by atoms with Crippen LogP contribution in [0.4, 0.5) is 0 Å². The molecule has 0 aromatic heterocycles. The van der Waals surface area contributed by atoms with Crippen molar-refractivity contribution in [3.8, 4) is 17.6 Å². The van der Waals surface area contributed by atoms with Gasteiger partial charge in [0.25, 0.3) is 5.17 Å². The minimum absolute atomic E-state index is 0.245. The van der Waals surface area contributed by atoms with E-state index in [2.05, 4.69) is 6.07 Å². The van der Waals surface area contributed by atoms with Crippen LogP contribution in [-0.2, 0) is 0 Å². The van der Waals surface area contributed by atoms with Crippen molar-refractivity contribution in [1.82, 2.24) is 4.90 Å². The summed E-state index contributed by atoms with van der Waals surface area (Å²) in [5, 5.41) is 9.25. The summed E-state index contributed by atoms with van der Waals surface area (Å²) >= 11 is 5.09. The fourth-order valence-electron chi connectivity index (χ4n) is 1.30. The molecule has 1 aromatic rings. The van der Waals surface area contributed by atoms with E-state index < -0.39 is 0 Å². The Bertz CT molecular complexity index is 504. The molecule has 1 aromatic carbocycles. The van der Waals surface area contributed by atoms with Gasteiger partial charge in [0.1, 0.15) is 0 Å². The molecular weight excluding hydrogens is 248 g/mol. The Morgan fingerprint density at radius 2 is 2.11 bits per heavy atom. The minimum Gasteiger partial charge on any atom is -0.486 e. The van der Waals surface area contributed by atoms with E-state index in [0.29, 0.717) is 22.2 Å². The number of rotatable bonds is 3. The van der Waals surface area contributed by atoms with Crippen LogP contribution in [0.1, 0.15) is 18.4 Å². The average Bonchev–Trinajstić information content (AvgIpc) is 3.15. The smallest absolute Gasteiger partial charge is 0.264 e. The van der Waals surface area contributed by atoms with Gasteiger partial charge in [-0.2, -0.15) is 5.26 Å². The summed E-state index contributed by atoms with van der Waals surface area (Å²) in [4.78, 5) is 1.70. The molecule has 0 aliphatic heterocycles. The lowest BCUT2D eigenvalue weighted by Crippen LogP contribution is -2.25. The third kappa shape index (κ3) is 3.11. The fourth-order valence-corrected chi connectivity index (χ4v) is 1.39. The lowest BCUT2D eigenvalue weighted by atomic mass is 10.2. The normalized spacial score (nSPS) is 13.6. The maximum Gasteiger partial charge on any atom is 0.264 e. The molecule has 0 unspecified atom stereocenters. The van der Waals surface area contributed by atoms with Crippen molar-refractivity contribution in [1.29, 1.82) is 5.26 Å². The first kappa shape index (κ1) is 12.7. The Balaban J connectivity index is 2.21. The topological polar surface area (TPSA) is 45.5 Å². The van der Waals surface area contributed by atoms with Gasteiger partial charge >= 0.3 is 0 Å². The van der Waals surface area contributed by atoms with Crippen LogP contribution in [0, 0.1) is 11.3 Å². The molecule has 0 amide bonds. The van der Waals surface area contributed by atoms with Crippen molar-refractivity contribution in [3.05, 3.63) is 23.8 Å². The molecule has 0 heterocycles. The zero-order chi connectivity index (χ0) is 13.1. The number of nitrogens with zero attached hydrogens (tertiary/aromatic N) is 2. The van der Waals surface area contributed by atoms with E-state index in [9.17, 15) is 0 Å². The molecule has 2 rings (SSSR count). The van der Waals surface area contributed by atoms with E-state index >= 15 is 0 Å². The molecule has 4 nitrogen and oxygen atoms in total. The van der Waals surface area contributed by atoms with Gasteiger partial charge in [-0.3, -0.25) is 0 Å². The van der Waals surface area contributed by atoms with Gasteiger partial charge in [-0.05, 0) is 37.2 Å². The molecule has 0 saturated heterocycles. The van der Waals surface area contributed by atoms with Crippen molar-refractivity contribution in [2.75, 3.05) is 14.1 Å². The summed E-state index contributed by atoms with van der Waals surface area (Å²) < 4.78 is 11.3.